The van der Waals surface area contributed by atoms with Gasteiger partial charge in [-0.15, -0.1) is 0 Å². The van der Waals surface area contributed by atoms with Crippen LogP contribution in [-0.2, 0) is 0 Å². The van der Waals surface area contributed by atoms with E-state index in [0.29, 0.717) is 13.2 Å². The number of aliphatic hydroxyl groups is 1. The minimum Gasteiger partial charge on any atom is -0.396 e. The van der Waals surface area contributed by atoms with Crippen molar-refractivity contribution in [2.24, 2.45) is 5.18 Å². The predicted octanol–water partition coefficient (Wildman–Crippen LogP) is 2.09. The highest BCUT2D eigenvalue weighted by molar-refractivity contribution is 4.46. The summed E-state index contributed by atoms with van der Waals surface area (Å²) in [6.07, 6.45) is 6.35. The Balaban J connectivity index is 2.74. The summed E-state index contributed by atoms with van der Waals surface area (Å²) >= 11 is 0. The van der Waals surface area contributed by atoms with Crippen LogP contribution in [0.5, 0.6) is 0 Å². The molecule has 3 nitrogen and oxygen atoms in total. The molecule has 11 heavy (non-hydrogen) atoms. The van der Waals surface area contributed by atoms with Crippen LogP contribution in [-0.4, -0.2) is 18.3 Å². The molecule has 0 rings (SSSR count). The van der Waals surface area contributed by atoms with Gasteiger partial charge in [0.05, 0.1) is 6.54 Å². The molecular formula is C8H17NO2. The fourth-order valence-electron chi connectivity index (χ4n) is 0.995. The molecule has 0 aromatic carbocycles. The molecule has 0 unspecified atom stereocenters. The van der Waals surface area contributed by atoms with Crippen LogP contribution in [0, 0.1) is 4.91 Å². The van der Waals surface area contributed by atoms with E-state index < -0.39 is 0 Å². The summed E-state index contributed by atoms with van der Waals surface area (Å²) in [5.41, 5.74) is 0. The van der Waals surface area contributed by atoms with E-state index in [0.717, 1.165) is 32.1 Å². The van der Waals surface area contributed by atoms with Gasteiger partial charge in [0.15, 0.2) is 0 Å². The van der Waals surface area contributed by atoms with Gasteiger partial charge in [0.2, 0.25) is 0 Å². The molecular weight excluding hydrogens is 142 g/mol. The van der Waals surface area contributed by atoms with E-state index >= 15 is 0 Å². The minimum absolute atomic E-state index is 0.301. The van der Waals surface area contributed by atoms with Crippen LogP contribution in [0.1, 0.15) is 38.5 Å². The maximum Gasteiger partial charge on any atom is 0.0811 e. The monoisotopic (exact) mass is 159 g/mol. The zero-order valence-electron chi connectivity index (χ0n) is 6.96. The van der Waals surface area contributed by atoms with Crippen molar-refractivity contribution in [3.05, 3.63) is 4.91 Å². The Kier molecular flexibility index (Phi) is 9.18. The lowest BCUT2D eigenvalue weighted by Crippen LogP contribution is -1.84. The number of aliphatic hydroxyl groups excluding tert-OH is 1. The van der Waals surface area contributed by atoms with Crippen LogP contribution < -0.4 is 0 Å². The Morgan fingerprint density at radius 3 is 2.00 bits per heavy atom. The van der Waals surface area contributed by atoms with Crippen LogP contribution in [0.4, 0.5) is 0 Å². The van der Waals surface area contributed by atoms with Crippen molar-refractivity contribution in [3.63, 3.8) is 0 Å². The zero-order chi connectivity index (χ0) is 8.36. The van der Waals surface area contributed by atoms with Crippen LogP contribution in [0.2, 0.25) is 0 Å². The van der Waals surface area contributed by atoms with E-state index in [2.05, 4.69) is 5.18 Å². The molecule has 3 heteroatoms. The highest BCUT2D eigenvalue weighted by atomic mass is 16.3. The summed E-state index contributed by atoms with van der Waals surface area (Å²) < 4.78 is 0. The minimum atomic E-state index is 0.301. The molecule has 0 fully saturated rings. The first-order valence-electron chi connectivity index (χ1n) is 4.32. The van der Waals surface area contributed by atoms with Crippen molar-refractivity contribution in [1.29, 1.82) is 0 Å². The number of hydrogen-bond donors (Lipinski definition) is 1. The second-order valence-corrected chi connectivity index (χ2v) is 2.70. The number of rotatable bonds is 8. The van der Waals surface area contributed by atoms with Crippen molar-refractivity contribution in [3.8, 4) is 0 Å². The third-order valence-corrected chi connectivity index (χ3v) is 1.66. The highest BCUT2D eigenvalue weighted by Gasteiger charge is 1.89. The number of hydrogen-bond acceptors (Lipinski definition) is 3. The van der Waals surface area contributed by atoms with E-state index in [1.807, 2.05) is 0 Å². The third kappa shape index (κ3) is 9.56. The highest BCUT2D eigenvalue weighted by Crippen LogP contribution is 2.04. The smallest absolute Gasteiger partial charge is 0.0811 e. The average Bonchev–Trinajstić information content (AvgIpc) is 2.03. The van der Waals surface area contributed by atoms with Gasteiger partial charge in [-0.25, -0.2) is 0 Å². The molecule has 0 aliphatic carbocycles. The van der Waals surface area contributed by atoms with Crippen molar-refractivity contribution in [2.75, 3.05) is 13.2 Å². The Labute approximate surface area is 67.8 Å². The summed E-state index contributed by atoms with van der Waals surface area (Å²) in [7, 11) is 0. The molecule has 0 aliphatic heterocycles. The van der Waals surface area contributed by atoms with Crippen LogP contribution in [0.15, 0.2) is 5.18 Å². The normalized spacial score (nSPS) is 9.91. The van der Waals surface area contributed by atoms with E-state index in [-0.39, 0.29) is 0 Å². The predicted molar refractivity (Wildman–Crippen MR) is 45.4 cm³/mol. The lowest BCUT2D eigenvalue weighted by molar-refractivity contribution is 0.282. The summed E-state index contributed by atoms with van der Waals surface area (Å²) in [5, 5.41) is 11.2. The van der Waals surface area contributed by atoms with Gasteiger partial charge in [-0.1, -0.05) is 30.9 Å². The van der Waals surface area contributed by atoms with Crippen LogP contribution in [0.3, 0.4) is 0 Å². The van der Waals surface area contributed by atoms with Crippen molar-refractivity contribution >= 4 is 0 Å². The van der Waals surface area contributed by atoms with Crippen molar-refractivity contribution < 1.29 is 5.11 Å². The van der Waals surface area contributed by atoms with Gasteiger partial charge < -0.3 is 5.11 Å². The second kappa shape index (κ2) is 9.56. The summed E-state index contributed by atoms with van der Waals surface area (Å²) in [6, 6.07) is 0. The SMILES string of the molecule is O=NCCCCCCCCO. The Hall–Kier alpha value is -0.440. The van der Waals surface area contributed by atoms with Gasteiger partial charge >= 0.3 is 0 Å². The quantitative estimate of drug-likeness (QED) is 0.435. The summed E-state index contributed by atoms with van der Waals surface area (Å²) in [5.74, 6) is 0. The fraction of sp³-hybridized carbons (Fsp3) is 1.00. The van der Waals surface area contributed by atoms with E-state index in [4.69, 9.17) is 5.11 Å². The molecule has 0 spiro atoms. The number of nitrogens with zero attached hydrogens (tertiary/aromatic N) is 1. The lowest BCUT2D eigenvalue weighted by Gasteiger charge is -1.96. The van der Waals surface area contributed by atoms with E-state index in [1.165, 1.54) is 6.42 Å². The third-order valence-electron chi connectivity index (χ3n) is 1.66. The molecule has 0 radical (unpaired) electrons. The topological polar surface area (TPSA) is 49.7 Å². The molecule has 0 atom stereocenters. The molecule has 0 aliphatic rings. The second-order valence-electron chi connectivity index (χ2n) is 2.70. The average molecular weight is 159 g/mol. The van der Waals surface area contributed by atoms with Gasteiger partial charge in [0, 0.05) is 6.61 Å². The Bertz CT molecular complexity index is 86.2. The van der Waals surface area contributed by atoms with Gasteiger partial charge in [-0.3, -0.25) is 0 Å². The Morgan fingerprint density at radius 1 is 0.909 bits per heavy atom. The lowest BCUT2D eigenvalue weighted by atomic mass is 10.1. The molecule has 0 heterocycles. The molecule has 1 N–H and O–H groups in total. The summed E-state index contributed by atoms with van der Waals surface area (Å²) in [6.45, 7) is 0.760. The maximum atomic E-state index is 9.66. The van der Waals surface area contributed by atoms with Gasteiger partial charge in [-0.05, 0) is 12.8 Å². The van der Waals surface area contributed by atoms with Crippen LogP contribution >= 0.6 is 0 Å². The summed E-state index contributed by atoms with van der Waals surface area (Å²) in [4.78, 5) is 9.66. The molecule has 66 valence electrons. The van der Waals surface area contributed by atoms with Crippen molar-refractivity contribution in [2.45, 2.75) is 38.5 Å². The van der Waals surface area contributed by atoms with Crippen molar-refractivity contribution in [1.82, 2.24) is 0 Å². The van der Waals surface area contributed by atoms with E-state index in [9.17, 15) is 4.91 Å². The first kappa shape index (κ1) is 10.6. The first-order chi connectivity index (χ1) is 5.41. The number of unbranched alkanes of at least 4 members (excludes halogenated alkanes) is 5. The molecule has 0 bridgehead atoms. The largest absolute Gasteiger partial charge is 0.396 e. The molecule has 0 aromatic rings. The van der Waals surface area contributed by atoms with Crippen LogP contribution in [0.25, 0.3) is 0 Å². The zero-order valence-corrected chi connectivity index (χ0v) is 6.96. The Morgan fingerprint density at radius 2 is 1.45 bits per heavy atom. The molecule has 0 saturated carbocycles. The standard InChI is InChI=1S/C8H17NO2/c10-8-6-4-2-1-3-5-7-9-11/h10H,1-8H2. The van der Waals surface area contributed by atoms with Gasteiger partial charge in [0.25, 0.3) is 0 Å². The molecule has 0 aromatic heterocycles. The first-order valence-corrected chi connectivity index (χ1v) is 4.32. The fourth-order valence-corrected chi connectivity index (χ4v) is 0.995. The van der Waals surface area contributed by atoms with Gasteiger partial charge in [-0.2, -0.15) is 4.91 Å². The van der Waals surface area contributed by atoms with Gasteiger partial charge in [0.1, 0.15) is 0 Å². The number of nitroso groups, excluding NO2 is 1. The van der Waals surface area contributed by atoms with E-state index in [1.54, 1.807) is 0 Å². The molecule has 0 saturated heterocycles. The maximum absolute atomic E-state index is 9.66. The molecule has 0 amide bonds.